The Morgan fingerprint density at radius 2 is 2.24 bits per heavy atom. The van der Waals surface area contributed by atoms with Gasteiger partial charge in [-0.2, -0.15) is 0 Å². The Bertz CT molecular complexity index is 636. The van der Waals surface area contributed by atoms with E-state index in [1.165, 1.54) is 11.3 Å². The fourth-order valence-electron chi connectivity index (χ4n) is 1.61. The molecule has 0 radical (unpaired) electrons. The molecular weight excluding hydrogens is 294 g/mol. The van der Waals surface area contributed by atoms with E-state index in [0.29, 0.717) is 30.2 Å². The molecule has 0 atom stereocenters. The zero-order valence-corrected chi connectivity index (χ0v) is 12.2. The minimum Gasteiger partial charge on any atom is -0.481 e. The summed E-state index contributed by atoms with van der Waals surface area (Å²) in [6, 6.07) is 0. The summed E-state index contributed by atoms with van der Waals surface area (Å²) in [4.78, 5) is 30.6. The molecule has 112 valence electrons. The first kappa shape index (κ1) is 15.1. The predicted molar refractivity (Wildman–Crippen MR) is 76.4 cm³/mol. The van der Waals surface area contributed by atoms with Crippen molar-refractivity contribution in [1.29, 1.82) is 0 Å². The van der Waals surface area contributed by atoms with Gasteiger partial charge in [0.05, 0.1) is 5.69 Å². The summed E-state index contributed by atoms with van der Waals surface area (Å²) in [6.45, 7) is 1.91. The van der Waals surface area contributed by atoms with Gasteiger partial charge in [0.25, 0.3) is 5.91 Å². The van der Waals surface area contributed by atoms with Gasteiger partial charge in [-0.05, 0) is 12.8 Å². The highest BCUT2D eigenvalue weighted by atomic mass is 32.1. The van der Waals surface area contributed by atoms with Crippen LogP contribution in [0.2, 0.25) is 0 Å². The van der Waals surface area contributed by atoms with E-state index in [-0.39, 0.29) is 12.2 Å². The van der Waals surface area contributed by atoms with Gasteiger partial charge >= 0.3 is 5.97 Å². The molecule has 0 saturated heterocycles. The summed E-state index contributed by atoms with van der Waals surface area (Å²) >= 11 is 1.29. The SMILES string of the molecule is CCc1nc(C(=O)Nc2nc(CCCC(=O)O)cs2)n[nH]1. The molecule has 0 unspecified atom stereocenters. The van der Waals surface area contributed by atoms with Crippen molar-refractivity contribution in [2.75, 3.05) is 5.32 Å². The van der Waals surface area contributed by atoms with Gasteiger partial charge in [-0.1, -0.05) is 6.92 Å². The molecule has 2 rings (SSSR count). The van der Waals surface area contributed by atoms with E-state index >= 15 is 0 Å². The normalized spacial score (nSPS) is 10.5. The van der Waals surface area contributed by atoms with Crippen LogP contribution in [0.4, 0.5) is 5.13 Å². The first-order valence-electron chi connectivity index (χ1n) is 6.47. The number of nitrogens with one attached hydrogen (secondary N) is 2. The van der Waals surface area contributed by atoms with E-state index in [4.69, 9.17) is 5.11 Å². The molecule has 0 aliphatic carbocycles. The number of aromatic nitrogens is 4. The Labute approximate surface area is 124 Å². The lowest BCUT2D eigenvalue weighted by molar-refractivity contribution is -0.137. The molecule has 0 bridgehead atoms. The number of nitrogens with zero attached hydrogens (tertiary/aromatic N) is 3. The molecule has 1 amide bonds. The largest absolute Gasteiger partial charge is 0.481 e. The maximum absolute atomic E-state index is 11.9. The van der Waals surface area contributed by atoms with E-state index in [1.54, 1.807) is 5.38 Å². The fourth-order valence-corrected chi connectivity index (χ4v) is 2.35. The minimum atomic E-state index is -0.824. The second kappa shape index (κ2) is 6.93. The van der Waals surface area contributed by atoms with Crippen molar-refractivity contribution in [3.63, 3.8) is 0 Å². The van der Waals surface area contributed by atoms with Gasteiger partial charge in [-0.25, -0.2) is 9.97 Å². The van der Waals surface area contributed by atoms with Crippen molar-refractivity contribution in [2.45, 2.75) is 32.6 Å². The Balaban J connectivity index is 1.89. The summed E-state index contributed by atoms with van der Waals surface area (Å²) in [5.41, 5.74) is 0.765. The van der Waals surface area contributed by atoms with Crippen molar-refractivity contribution in [3.05, 3.63) is 22.7 Å². The van der Waals surface area contributed by atoms with Crippen molar-refractivity contribution in [3.8, 4) is 0 Å². The monoisotopic (exact) mass is 309 g/mol. The number of rotatable bonds is 7. The molecule has 0 saturated carbocycles. The van der Waals surface area contributed by atoms with Crippen LogP contribution in [0.1, 0.15) is 41.9 Å². The second-order valence-electron chi connectivity index (χ2n) is 4.30. The van der Waals surface area contributed by atoms with Crippen molar-refractivity contribution in [2.24, 2.45) is 0 Å². The second-order valence-corrected chi connectivity index (χ2v) is 5.16. The molecule has 3 N–H and O–H groups in total. The van der Waals surface area contributed by atoms with Crippen LogP contribution >= 0.6 is 11.3 Å². The Kier molecular flexibility index (Phi) is 4.99. The Hall–Kier alpha value is -2.29. The van der Waals surface area contributed by atoms with E-state index in [1.807, 2.05) is 6.92 Å². The number of hydrogen-bond donors (Lipinski definition) is 3. The van der Waals surface area contributed by atoms with Crippen molar-refractivity contribution < 1.29 is 14.7 Å². The van der Waals surface area contributed by atoms with Crippen LogP contribution < -0.4 is 5.32 Å². The van der Waals surface area contributed by atoms with Crippen LogP contribution in [0.15, 0.2) is 5.38 Å². The van der Waals surface area contributed by atoms with Crippen LogP contribution in [-0.2, 0) is 17.6 Å². The van der Waals surface area contributed by atoms with Crippen molar-refractivity contribution >= 4 is 28.3 Å². The summed E-state index contributed by atoms with van der Waals surface area (Å²) in [6.07, 6.45) is 1.87. The zero-order valence-electron chi connectivity index (χ0n) is 11.4. The molecule has 0 fully saturated rings. The number of thiazole rings is 1. The van der Waals surface area contributed by atoms with Gasteiger partial charge < -0.3 is 5.11 Å². The number of aliphatic carboxylic acids is 1. The number of carboxylic acid groups (broad SMARTS) is 1. The fraction of sp³-hybridized carbons (Fsp3) is 0.417. The standard InChI is InChI=1S/C12H15N5O3S/c1-2-8-14-10(17-16-8)11(20)15-12-13-7(6-21-12)4-3-5-9(18)19/h6H,2-5H2,1H3,(H,18,19)(H,13,15,20)(H,14,16,17). The third kappa shape index (κ3) is 4.35. The summed E-state index contributed by atoms with van der Waals surface area (Å²) in [7, 11) is 0. The highest BCUT2D eigenvalue weighted by molar-refractivity contribution is 7.13. The smallest absolute Gasteiger partial charge is 0.303 e. The maximum atomic E-state index is 11.9. The number of carbonyl (C=O) groups excluding carboxylic acids is 1. The van der Waals surface area contributed by atoms with E-state index in [0.717, 1.165) is 5.69 Å². The number of hydrogen-bond acceptors (Lipinski definition) is 6. The molecule has 8 nitrogen and oxygen atoms in total. The minimum absolute atomic E-state index is 0.0782. The summed E-state index contributed by atoms with van der Waals surface area (Å²) in [5.74, 6) is -0.518. The molecule has 2 aromatic heterocycles. The van der Waals surface area contributed by atoms with Crippen LogP contribution in [0.3, 0.4) is 0 Å². The number of carboxylic acids is 1. The van der Waals surface area contributed by atoms with Gasteiger partial charge in [-0.3, -0.25) is 20.0 Å². The molecule has 21 heavy (non-hydrogen) atoms. The third-order valence-corrected chi connectivity index (χ3v) is 3.47. The van der Waals surface area contributed by atoms with Crippen molar-refractivity contribution in [1.82, 2.24) is 20.2 Å². The highest BCUT2D eigenvalue weighted by Crippen LogP contribution is 2.17. The number of aromatic amines is 1. The van der Waals surface area contributed by atoms with Gasteiger partial charge in [0.2, 0.25) is 5.82 Å². The van der Waals surface area contributed by atoms with E-state index in [9.17, 15) is 9.59 Å². The van der Waals surface area contributed by atoms with Crippen LogP contribution in [0, 0.1) is 0 Å². The molecule has 9 heteroatoms. The number of amides is 1. The topological polar surface area (TPSA) is 121 Å². The first-order valence-corrected chi connectivity index (χ1v) is 7.35. The van der Waals surface area contributed by atoms with Crippen LogP contribution in [-0.4, -0.2) is 37.1 Å². The summed E-state index contributed by atoms with van der Waals surface area (Å²) in [5, 5.41) is 19.9. The van der Waals surface area contributed by atoms with Gasteiger partial charge in [0.1, 0.15) is 5.82 Å². The first-order chi connectivity index (χ1) is 10.1. The number of aryl methyl sites for hydroxylation is 2. The van der Waals surface area contributed by atoms with E-state index in [2.05, 4.69) is 25.5 Å². The average molecular weight is 309 g/mol. The predicted octanol–water partition coefficient (Wildman–Crippen LogP) is 1.48. The number of H-pyrrole nitrogens is 1. The summed E-state index contributed by atoms with van der Waals surface area (Å²) < 4.78 is 0. The number of anilines is 1. The molecule has 0 aromatic carbocycles. The number of carbonyl (C=O) groups is 2. The lowest BCUT2D eigenvalue weighted by Crippen LogP contribution is -2.13. The molecule has 2 heterocycles. The van der Waals surface area contributed by atoms with E-state index < -0.39 is 11.9 Å². The third-order valence-electron chi connectivity index (χ3n) is 2.67. The molecule has 0 aliphatic heterocycles. The average Bonchev–Trinajstić information content (AvgIpc) is 3.07. The molecule has 0 aliphatic rings. The molecule has 0 spiro atoms. The highest BCUT2D eigenvalue weighted by Gasteiger charge is 2.14. The zero-order chi connectivity index (χ0) is 15.2. The van der Waals surface area contributed by atoms with Gasteiger partial charge in [0, 0.05) is 18.2 Å². The quantitative estimate of drug-likeness (QED) is 0.712. The molecule has 2 aromatic rings. The Morgan fingerprint density at radius 1 is 1.43 bits per heavy atom. The van der Waals surface area contributed by atoms with Gasteiger partial charge in [0.15, 0.2) is 5.13 Å². The maximum Gasteiger partial charge on any atom is 0.303 e. The van der Waals surface area contributed by atoms with Crippen LogP contribution in [0.5, 0.6) is 0 Å². The van der Waals surface area contributed by atoms with Crippen LogP contribution in [0.25, 0.3) is 0 Å². The lowest BCUT2D eigenvalue weighted by atomic mass is 10.2. The van der Waals surface area contributed by atoms with Gasteiger partial charge in [-0.15, -0.1) is 16.4 Å². The lowest BCUT2D eigenvalue weighted by Gasteiger charge is -1.96. The Morgan fingerprint density at radius 3 is 2.90 bits per heavy atom. The molecular formula is C12H15N5O3S.